The first-order chi connectivity index (χ1) is 10.7. The van der Waals surface area contributed by atoms with Crippen molar-refractivity contribution in [2.24, 2.45) is 0 Å². The summed E-state index contributed by atoms with van der Waals surface area (Å²) < 4.78 is 7.60. The minimum atomic E-state index is -0.261. The van der Waals surface area contributed by atoms with Gasteiger partial charge in [-0.15, -0.1) is 0 Å². The third-order valence-corrected chi connectivity index (χ3v) is 3.34. The number of hydrogen-bond acceptors (Lipinski definition) is 5. The van der Waals surface area contributed by atoms with Crippen molar-refractivity contribution in [1.29, 1.82) is 0 Å². The van der Waals surface area contributed by atoms with Crippen molar-refractivity contribution in [3.05, 3.63) is 53.4 Å². The quantitative estimate of drug-likeness (QED) is 0.752. The van der Waals surface area contributed by atoms with Crippen molar-refractivity contribution >= 4 is 21.8 Å². The van der Waals surface area contributed by atoms with Crippen LogP contribution in [-0.4, -0.2) is 32.0 Å². The molecule has 1 amide bonds. The zero-order chi connectivity index (χ0) is 15.4. The summed E-state index contributed by atoms with van der Waals surface area (Å²) in [5.41, 5.74) is 0. The highest BCUT2D eigenvalue weighted by atomic mass is 79.9. The molecule has 0 fully saturated rings. The van der Waals surface area contributed by atoms with Crippen molar-refractivity contribution in [3.8, 4) is 11.6 Å². The highest BCUT2D eigenvalue weighted by Gasteiger charge is 2.11. The van der Waals surface area contributed by atoms with E-state index in [9.17, 15) is 4.79 Å². The summed E-state index contributed by atoms with van der Waals surface area (Å²) in [4.78, 5) is 24.5. The number of furan rings is 1. The topological polar surface area (TPSA) is 85.8 Å². The van der Waals surface area contributed by atoms with Gasteiger partial charge in [-0.2, -0.15) is 0 Å². The number of nitrogens with one attached hydrogen (secondary N) is 1. The van der Waals surface area contributed by atoms with Gasteiger partial charge in [-0.3, -0.25) is 4.79 Å². The Morgan fingerprint density at radius 2 is 2.05 bits per heavy atom. The van der Waals surface area contributed by atoms with Crippen LogP contribution in [0.1, 0.15) is 10.6 Å². The molecule has 0 atom stereocenters. The Morgan fingerprint density at radius 3 is 2.77 bits per heavy atom. The molecule has 0 bridgehead atoms. The maximum absolute atomic E-state index is 11.9. The first kappa shape index (κ1) is 14.5. The number of hydrogen-bond donors (Lipinski definition) is 1. The van der Waals surface area contributed by atoms with Crippen LogP contribution in [0, 0.1) is 0 Å². The number of imidazole rings is 1. The van der Waals surface area contributed by atoms with E-state index in [1.807, 2.05) is 10.8 Å². The highest BCUT2D eigenvalue weighted by Crippen LogP contribution is 2.14. The van der Waals surface area contributed by atoms with E-state index in [4.69, 9.17) is 4.42 Å². The zero-order valence-corrected chi connectivity index (χ0v) is 13.0. The number of carbonyl (C=O) groups excluding carboxylic acids is 1. The molecule has 7 nitrogen and oxygen atoms in total. The number of carbonyl (C=O) groups is 1. The fraction of sp³-hybridized carbons (Fsp3) is 0.143. The lowest BCUT2D eigenvalue weighted by Crippen LogP contribution is -2.27. The average molecular weight is 362 g/mol. The van der Waals surface area contributed by atoms with E-state index in [0.29, 0.717) is 29.4 Å². The van der Waals surface area contributed by atoms with Crippen LogP contribution >= 0.6 is 15.9 Å². The monoisotopic (exact) mass is 361 g/mol. The summed E-state index contributed by atoms with van der Waals surface area (Å²) >= 11 is 3.16. The van der Waals surface area contributed by atoms with Crippen LogP contribution in [0.25, 0.3) is 11.6 Å². The Labute approximate surface area is 134 Å². The Hall–Kier alpha value is -2.48. The lowest BCUT2D eigenvalue weighted by atomic mass is 10.4. The minimum absolute atomic E-state index is 0.261. The molecular weight excluding hydrogens is 350 g/mol. The predicted molar refractivity (Wildman–Crippen MR) is 82.0 cm³/mol. The normalized spacial score (nSPS) is 10.6. The first-order valence-electron chi connectivity index (χ1n) is 6.56. The van der Waals surface area contributed by atoms with Gasteiger partial charge in [0.2, 0.25) is 0 Å². The van der Waals surface area contributed by atoms with Gasteiger partial charge < -0.3 is 14.3 Å². The number of halogens is 1. The van der Waals surface area contributed by atoms with Gasteiger partial charge in [0.1, 0.15) is 0 Å². The van der Waals surface area contributed by atoms with Crippen LogP contribution < -0.4 is 5.32 Å². The van der Waals surface area contributed by atoms with Crippen LogP contribution in [0.5, 0.6) is 0 Å². The summed E-state index contributed by atoms with van der Waals surface area (Å²) in [6.07, 6.45) is 6.83. The highest BCUT2D eigenvalue weighted by molar-refractivity contribution is 9.10. The van der Waals surface area contributed by atoms with Gasteiger partial charge in [0.25, 0.3) is 5.91 Å². The lowest BCUT2D eigenvalue weighted by Gasteiger charge is -2.07. The largest absolute Gasteiger partial charge is 0.444 e. The summed E-state index contributed by atoms with van der Waals surface area (Å²) in [6, 6.07) is 5.04. The number of nitrogens with zero attached hydrogens (tertiary/aromatic N) is 4. The minimum Gasteiger partial charge on any atom is -0.444 e. The van der Waals surface area contributed by atoms with E-state index in [-0.39, 0.29) is 11.7 Å². The average Bonchev–Trinajstić information content (AvgIpc) is 3.17. The SMILES string of the molecule is O=C(NCCn1ccnc1-c1ncccn1)c1ccc(Br)o1. The molecule has 0 spiro atoms. The fourth-order valence-electron chi connectivity index (χ4n) is 1.92. The van der Waals surface area contributed by atoms with Gasteiger partial charge >= 0.3 is 0 Å². The third kappa shape index (κ3) is 3.22. The van der Waals surface area contributed by atoms with Gasteiger partial charge in [0, 0.05) is 37.9 Å². The van der Waals surface area contributed by atoms with E-state index in [0.717, 1.165) is 0 Å². The second-order valence-corrected chi connectivity index (χ2v) is 5.16. The third-order valence-electron chi connectivity index (χ3n) is 2.92. The van der Waals surface area contributed by atoms with E-state index in [1.54, 1.807) is 36.8 Å². The van der Waals surface area contributed by atoms with E-state index in [2.05, 4.69) is 36.2 Å². The second-order valence-electron chi connectivity index (χ2n) is 4.38. The summed E-state index contributed by atoms with van der Waals surface area (Å²) in [7, 11) is 0. The van der Waals surface area contributed by atoms with Gasteiger partial charge in [0.15, 0.2) is 22.1 Å². The fourth-order valence-corrected chi connectivity index (χ4v) is 2.23. The predicted octanol–water partition coefficient (Wildman–Crippen LogP) is 2.13. The summed E-state index contributed by atoms with van der Waals surface area (Å²) in [6.45, 7) is 0.995. The van der Waals surface area contributed by atoms with Gasteiger partial charge in [-0.05, 0) is 34.1 Å². The maximum Gasteiger partial charge on any atom is 0.287 e. The molecule has 0 aromatic carbocycles. The van der Waals surface area contributed by atoms with Gasteiger partial charge in [-0.1, -0.05) is 0 Å². The van der Waals surface area contributed by atoms with Gasteiger partial charge in [-0.25, -0.2) is 15.0 Å². The van der Waals surface area contributed by atoms with Crippen LogP contribution in [0.2, 0.25) is 0 Å². The van der Waals surface area contributed by atoms with Crippen LogP contribution in [0.4, 0.5) is 0 Å². The molecule has 0 aliphatic rings. The van der Waals surface area contributed by atoms with Crippen LogP contribution in [0.3, 0.4) is 0 Å². The van der Waals surface area contributed by atoms with Crippen LogP contribution in [-0.2, 0) is 6.54 Å². The Bertz CT molecular complexity index is 768. The molecule has 112 valence electrons. The van der Waals surface area contributed by atoms with Crippen molar-refractivity contribution in [2.45, 2.75) is 6.54 Å². The molecule has 0 unspecified atom stereocenters. The molecule has 3 rings (SSSR count). The summed E-state index contributed by atoms with van der Waals surface area (Å²) in [5, 5.41) is 2.79. The smallest absolute Gasteiger partial charge is 0.287 e. The number of rotatable bonds is 5. The molecule has 0 saturated carbocycles. The van der Waals surface area contributed by atoms with E-state index >= 15 is 0 Å². The van der Waals surface area contributed by atoms with Gasteiger partial charge in [0.05, 0.1) is 0 Å². The van der Waals surface area contributed by atoms with E-state index in [1.165, 1.54) is 0 Å². The molecule has 0 aliphatic heterocycles. The second kappa shape index (κ2) is 6.52. The molecule has 3 aromatic heterocycles. The van der Waals surface area contributed by atoms with E-state index < -0.39 is 0 Å². The zero-order valence-electron chi connectivity index (χ0n) is 11.4. The molecular formula is C14H12BrN5O2. The lowest BCUT2D eigenvalue weighted by molar-refractivity contribution is 0.0923. The Kier molecular flexibility index (Phi) is 4.29. The Morgan fingerprint density at radius 1 is 1.23 bits per heavy atom. The number of aromatic nitrogens is 4. The Balaban J connectivity index is 1.61. The molecule has 1 N–H and O–H groups in total. The molecule has 3 aromatic rings. The molecule has 8 heteroatoms. The number of amides is 1. The van der Waals surface area contributed by atoms with Crippen molar-refractivity contribution in [1.82, 2.24) is 24.8 Å². The molecule has 0 saturated heterocycles. The standard InChI is InChI=1S/C14H12BrN5O2/c15-11-3-2-10(22-11)14(21)19-7-9-20-8-6-18-13(20)12-16-4-1-5-17-12/h1-6,8H,7,9H2,(H,19,21). The molecule has 0 aliphatic carbocycles. The summed E-state index contributed by atoms with van der Waals surface area (Å²) in [5.74, 6) is 1.22. The maximum atomic E-state index is 11.9. The van der Waals surface area contributed by atoms with Crippen LogP contribution in [0.15, 0.2) is 52.1 Å². The molecule has 0 radical (unpaired) electrons. The van der Waals surface area contributed by atoms with Crippen molar-refractivity contribution < 1.29 is 9.21 Å². The van der Waals surface area contributed by atoms with Crippen molar-refractivity contribution in [3.63, 3.8) is 0 Å². The molecule has 3 heterocycles. The molecule has 22 heavy (non-hydrogen) atoms. The van der Waals surface area contributed by atoms with Crippen molar-refractivity contribution in [2.75, 3.05) is 6.54 Å². The first-order valence-corrected chi connectivity index (χ1v) is 7.35.